The van der Waals surface area contributed by atoms with E-state index in [-0.39, 0.29) is 17.8 Å². The van der Waals surface area contributed by atoms with Gasteiger partial charge < -0.3 is 14.8 Å². The van der Waals surface area contributed by atoms with Gasteiger partial charge in [0.05, 0.1) is 30.4 Å². The maximum absolute atomic E-state index is 12.8. The quantitative estimate of drug-likeness (QED) is 0.332. The molecule has 0 radical (unpaired) electrons. The number of carbonyl (C=O) groups is 1. The van der Waals surface area contributed by atoms with Crippen LogP contribution in [0.2, 0.25) is 0 Å². The fraction of sp³-hybridized carbons (Fsp3) is 0.174. The third-order valence-electron chi connectivity index (χ3n) is 4.91. The molecular formula is C23H23N3O7S. The van der Waals surface area contributed by atoms with Crippen molar-refractivity contribution in [3.05, 3.63) is 88.0 Å². The third kappa shape index (κ3) is 5.62. The van der Waals surface area contributed by atoms with E-state index < -0.39 is 31.4 Å². The highest BCUT2D eigenvalue weighted by Crippen LogP contribution is 2.28. The van der Waals surface area contributed by atoms with Crippen molar-refractivity contribution in [1.29, 1.82) is 0 Å². The molecule has 0 aliphatic heterocycles. The molecule has 10 nitrogen and oxygen atoms in total. The molecule has 0 aromatic heterocycles. The molecule has 3 rings (SSSR count). The van der Waals surface area contributed by atoms with Gasteiger partial charge in [0.1, 0.15) is 0 Å². The minimum atomic E-state index is -4.32. The number of sulfonamides is 1. The molecule has 0 aliphatic carbocycles. The van der Waals surface area contributed by atoms with Crippen LogP contribution in [0.25, 0.3) is 0 Å². The minimum absolute atomic E-state index is 0.00395. The van der Waals surface area contributed by atoms with Crippen LogP contribution in [0.15, 0.2) is 71.6 Å². The SMILES string of the molecule is COc1ccc(CCNC(=O)c2ccccc2NS(=O)(=O)c2ccccc2[N+](=O)[O-])cc1OC. The molecule has 0 atom stereocenters. The van der Waals surface area contributed by atoms with Crippen LogP contribution in [-0.2, 0) is 16.4 Å². The second kappa shape index (κ2) is 10.7. The molecule has 0 bridgehead atoms. The van der Waals surface area contributed by atoms with Crippen molar-refractivity contribution >= 4 is 27.3 Å². The summed E-state index contributed by atoms with van der Waals surface area (Å²) in [4.78, 5) is 22.7. The van der Waals surface area contributed by atoms with E-state index in [2.05, 4.69) is 10.0 Å². The summed E-state index contributed by atoms with van der Waals surface area (Å²) >= 11 is 0. The Morgan fingerprint density at radius 1 is 0.971 bits per heavy atom. The number of hydrogen-bond donors (Lipinski definition) is 2. The van der Waals surface area contributed by atoms with Gasteiger partial charge >= 0.3 is 0 Å². The molecule has 0 aliphatic rings. The van der Waals surface area contributed by atoms with Gasteiger partial charge in [0.2, 0.25) is 0 Å². The number of nitrogens with one attached hydrogen (secondary N) is 2. The number of nitro benzene ring substituents is 1. The van der Waals surface area contributed by atoms with Crippen LogP contribution >= 0.6 is 0 Å². The average molecular weight is 486 g/mol. The van der Waals surface area contributed by atoms with Crippen molar-refractivity contribution in [3.8, 4) is 11.5 Å². The first-order chi connectivity index (χ1) is 16.3. The first-order valence-electron chi connectivity index (χ1n) is 10.1. The zero-order chi connectivity index (χ0) is 24.7. The van der Waals surface area contributed by atoms with Crippen molar-refractivity contribution < 1.29 is 27.6 Å². The average Bonchev–Trinajstić information content (AvgIpc) is 2.83. The van der Waals surface area contributed by atoms with Gasteiger partial charge in [-0.1, -0.05) is 30.3 Å². The van der Waals surface area contributed by atoms with E-state index in [1.807, 2.05) is 6.07 Å². The minimum Gasteiger partial charge on any atom is -0.493 e. The number of hydrogen-bond acceptors (Lipinski definition) is 7. The van der Waals surface area contributed by atoms with Crippen LogP contribution in [0.4, 0.5) is 11.4 Å². The molecule has 0 saturated heterocycles. The van der Waals surface area contributed by atoms with Gasteiger partial charge in [-0.15, -0.1) is 0 Å². The number of para-hydroxylation sites is 2. The van der Waals surface area contributed by atoms with Crippen molar-refractivity contribution in [2.75, 3.05) is 25.5 Å². The maximum atomic E-state index is 12.8. The Morgan fingerprint density at radius 3 is 2.35 bits per heavy atom. The van der Waals surface area contributed by atoms with Crippen molar-refractivity contribution in [2.24, 2.45) is 0 Å². The number of amides is 1. The van der Waals surface area contributed by atoms with Crippen LogP contribution in [0.1, 0.15) is 15.9 Å². The van der Waals surface area contributed by atoms with Crippen LogP contribution in [0, 0.1) is 10.1 Å². The molecule has 0 unspecified atom stereocenters. The first kappa shape index (κ1) is 24.5. The second-order valence-electron chi connectivity index (χ2n) is 7.07. The van der Waals surface area contributed by atoms with E-state index in [4.69, 9.17) is 9.47 Å². The lowest BCUT2D eigenvalue weighted by Crippen LogP contribution is -2.27. The fourth-order valence-corrected chi connectivity index (χ4v) is 4.51. The summed E-state index contributed by atoms with van der Waals surface area (Å²) in [5.41, 5.74) is 0.427. The summed E-state index contributed by atoms with van der Waals surface area (Å²) in [6.07, 6.45) is 0.496. The summed E-state index contributed by atoms with van der Waals surface area (Å²) < 4.78 is 38.5. The molecule has 3 aromatic rings. The number of benzene rings is 3. The number of ether oxygens (including phenoxy) is 2. The number of anilines is 1. The molecule has 0 saturated carbocycles. The van der Waals surface area contributed by atoms with Crippen LogP contribution in [0.5, 0.6) is 11.5 Å². The molecule has 3 aromatic carbocycles. The van der Waals surface area contributed by atoms with E-state index in [0.29, 0.717) is 17.9 Å². The molecule has 0 spiro atoms. The van der Waals surface area contributed by atoms with E-state index in [1.54, 1.807) is 31.4 Å². The van der Waals surface area contributed by atoms with Gasteiger partial charge in [-0.05, 0) is 42.3 Å². The Hall–Kier alpha value is -4.12. The predicted molar refractivity (Wildman–Crippen MR) is 126 cm³/mol. The summed E-state index contributed by atoms with van der Waals surface area (Å²) in [6.45, 7) is 0.277. The van der Waals surface area contributed by atoms with Gasteiger partial charge in [0.15, 0.2) is 16.4 Å². The van der Waals surface area contributed by atoms with Gasteiger partial charge in [-0.2, -0.15) is 0 Å². The smallest absolute Gasteiger partial charge is 0.289 e. The third-order valence-corrected chi connectivity index (χ3v) is 6.33. The predicted octanol–water partition coefficient (Wildman–Crippen LogP) is 3.39. The Bertz CT molecular complexity index is 1310. The fourth-order valence-electron chi connectivity index (χ4n) is 3.26. The van der Waals surface area contributed by atoms with Gasteiger partial charge in [-0.3, -0.25) is 19.6 Å². The molecule has 2 N–H and O–H groups in total. The van der Waals surface area contributed by atoms with Crippen molar-refractivity contribution in [3.63, 3.8) is 0 Å². The van der Waals surface area contributed by atoms with Crippen LogP contribution < -0.4 is 19.5 Å². The summed E-state index contributed by atoms with van der Waals surface area (Å²) in [5.74, 6) is 0.664. The lowest BCUT2D eigenvalue weighted by Gasteiger charge is -2.13. The number of methoxy groups -OCH3 is 2. The molecule has 1 amide bonds. The normalized spacial score (nSPS) is 10.9. The van der Waals surface area contributed by atoms with Crippen LogP contribution in [0.3, 0.4) is 0 Å². The van der Waals surface area contributed by atoms with E-state index in [0.717, 1.165) is 17.7 Å². The lowest BCUT2D eigenvalue weighted by molar-refractivity contribution is -0.387. The molecular weight excluding hydrogens is 462 g/mol. The zero-order valence-electron chi connectivity index (χ0n) is 18.5. The van der Waals surface area contributed by atoms with Gasteiger partial charge in [0, 0.05) is 12.6 Å². The van der Waals surface area contributed by atoms with Crippen LogP contribution in [-0.4, -0.2) is 40.0 Å². The Labute approximate surface area is 196 Å². The van der Waals surface area contributed by atoms with Crippen molar-refractivity contribution in [2.45, 2.75) is 11.3 Å². The first-order valence-corrected chi connectivity index (χ1v) is 11.6. The maximum Gasteiger partial charge on any atom is 0.289 e. The van der Waals surface area contributed by atoms with E-state index >= 15 is 0 Å². The van der Waals surface area contributed by atoms with Gasteiger partial charge in [0.25, 0.3) is 21.6 Å². The number of carbonyl (C=O) groups excluding carboxylic acids is 1. The molecule has 11 heteroatoms. The molecule has 178 valence electrons. The Balaban J connectivity index is 1.74. The highest BCUT2D eigenvalue weighted by atomic mass is 32.2. The highest BCUT2D eigenvalue weighted by molar-refractivity contribution is 7.92. The highest BCUT2D eigenvalue weighted by Gasteiger charge is 2.26. The topological polar surface area (TPSA) is 137 Å². The Morgan fingerprint density at radius 2 is 1.65 bits per heavy atom. The molecule has 34 heavy (non-hydrogen) atoms. The van der Waals surface area contributed by atoms with E-state index in [9.17, 15) is 23.3 Å². The van der Waals surface area contributed by atoms with E-state index in [1.165, 1.54) is 31.4 Å². The van der Waals surface area contributed by atoms with Gasteiger partial charge in [-0.25, -0.2) is 8.42 Å². The second-order valence-corrected chi connectivity index (χ2v) is 8.72. The lowest BCUT2D eigenvalue weighted by atomic mass is 10.1. The summed E-state index contributed by atoms with van der Waals surface area (Å²) in [5, 5.41) is 14.0. The number of nitro groups is 1. The molecule has 0 heterocycles. The summed E-state index contributed by atoms with van der Waals surface area (Å²) in [6, 6.07) is 16.4. The molecule has 0 fully saturated rings. The standard InChI is InChI=1S/C23H23N3O7S/c1-32-20-12-11-16(15-21(20)33-2)13-14-24-23(27)17-7-3-4-8-18(17)25-34(30,31)22-10-6-5-9-19(22)26(28)29/h3-12,15,25H,13-14H2,1-2H3,(H,24,27). The van der Waals surface area contributed by atoms with Crippen molar-refractivity contribution in [1.82, 2.24) is 5.32 Å². The Kier molecular flexibility index (Phi) is 7.69. The largest absolute Gasteiger partial charge is 0.493 e. The number of nitrogens with zero attached hydrogens (tertiary/aromatic N) is 1. The zero-order valence-corrected chi connectivity index (χ0v) is 19.3. The number of rotatable bonds is 10. The summed E-state index contributed by atoms with van der Waals surface area (Å²) in [7, 11) is -1.25. The monoisotopic (exact) mass is 485 g/mol.